The second-order valence-corrected chi connectivity index (χ2v) is 4.92. The topological polar surface area (TPSA) is 127 Å². The van der Waals surface area contributed by atoms with Gasteiger partial charge < -0.3 is 20.4 Å². The maximum absolute atomic E-state index is 11.1. The number of benzene rings is 1. The molecule has 0 unspecified atom stereocenters. The van der Waals surface area contributed by atoms with E-state index < -0.39 is 28.1 Å². The molecule has 118 valence electrons. The third-order valence-electron chi connectivity index (χ3n) is 3.04. The Balaban J connectivity index is 3.61. The Morgan fingerprint density at radius 1 is 1.19 bits per heavy atom. The molecule has 0 bridgehead atoms. The van der Waals surface area contributed by atoms with Crippen LogP contribution < -0.4 is 4.90 Å². The normalized spacial score (nSPS) is 12.3. The van der Waals surface area contributed by atoms with Gasteiger partial charge in [-0.1, -0.05) is 25.4 Å². The van der Waals surface area contributed by atoms with Crippen molar-refractivity contribution in [3.63, 3.8) is 0 Å². The molecule has 0 atom stereocenters. The van der Waals surface area contributed by atoms with Crippen LogP contribution in [0.3, 0.4) is 0 Å². The molecular formula is C12H17ClN2O6. The molecule has 0 saturated heterocycles. The van der Waals surface area contributed by atoms with E-state index in [1.165, 1.54) is 19.9 Å². The number of anilines is 1. The SMILES string of the molecule is CCC(O)(O)N(c1cc(Cl)ccc1[N+](=O)[O-])C(O)(O)CC. The summed E-state index contributed by atoms with van der Waals surface area (Å²) in [5, 5.41) is 51.1. The molecule has 21 heavy (non-hydrogen) atoms. The van der Waals surface area contributed by atoms with Gasteiger partial charge in [-0.3, -0.25) is 15.0 Å². The summed E-state index contributed by atoms with van der Waals surface area (Å²) < 4.78 is 0. The van der Waals surface area contributed by atoms with E-state index in [2.05, 4.69) is 0 Å². The fourth-order valence-corrected chi connectivity index (χ4v) is 1.99. The van der Waals surface area contributed by atoms with Gasteiger partial charge in [0.1, 0.15) is 5.69 Å². The Morgan fingerprint density at radius 3 is 2.05 bits per heavy atom. The predicted octanol–water partition coefficient (Wildman–Crippen LogP) is 1.15. The number of nitrogens with zero attached hydrogens (tertiary/aromatic N) is 2. The summed E-state index contributed by atoms with van der Waals surface area (Å²) in [5.74, 6) is -5.43. The molecular weight excluding hydrogens is 304 g/mol. The molecule has 0 heterocycles. The number of nitro benzene ring substituents is 1. The van der Waals surface area contributed by atoms with Crippen molar-refractivity contribution in [1.82, 2.24) is 0 Å². The molecule has 0 aliphatic rings. The molecule has 0 spiro atoms. The molecule has 9 heteroatoms. The minimum atomic E-state index is -2.71. The van der Waals surface area contributed by atoms with Crippen molar-refractivity contribution in [2.45, 2.75) is 38.5 Å². The molecule has 1 rings (SSSR count). The minimum absolute atomic E-state index is 0.0689. The summed E-state index contributed by atoms with van der Waals surface area (Å²) in [6.45, 7) is 2.74. The first-order valence-corrected chi connectivity index (χ1v) is 6.58. The summed E-state index contributed by atoms with van der Waals surface area (Å²) in [6, 6.07) is 3.35. The van der Waals surface area contributed by atoms with Gasteiger partial charge in [0.25, 0.3) is 17.5 Å². The Hall–Kier alpha value is -1.45. The Morgan fingerprint density at radius 2 is 1.67 bits per heavy atom. The van der Waals surface area contributed by atoms with Crippen LogP contribution in [0.4, 0.5) is 11.4 Å². The largest absolute Gasteiger partial charge is 0.349 e. The molecule has 0 aliphatic carbocycles. The zero-order valence-corrected chi connectivity index (χ0v) is 12.3. The van der Waals surface area contributed by atoms with Crippen LogP contribution in [0, 0.1) is 10.1 Å². The highest BCUT2D eigenvalue weighted by atomic mass is 35.5. The Kier molecular flexibility index (Phi) is 5.13. The van der Waals surface area contributed by atoms with Crippen LogP contribution in [-0.2, 0) is 0 Å². The standard InChI is InChI=1S/C12H17ClN2O6/c1-3-11(16,17)14(12(18,19)4-2)10-7-8(13)5-6-9(10)15(20)21/h5-7,16-19H,3-4H2,1-2H3. The van der Waals surface area contributed by atoms with Gasteiger partial charge in [-0.15, -0.1) is 0 Å². The molecule has 0 fully saturated rings. The van der Waals surface area contributed by atoms with Gasteiger partial charge in [0, 0.05) is 23.9 Å². The summed E-state index contributed by atoms with van der Waals surface area (Å²) in [4.78, 5) is 10.7. The molecule has 0 aromatic heterocycles. The maximum Gasteiger partial charge on any atom is 0.292 e. The van der Waals surface area contributed by atoms with Gasteiger partial charge >= 0.3 is 0 Å². The quantitative estimate of drug-likeness (QED) is 0.351. The first-order valence-electron chi connectivity index (χ1n) is 6.20. The molecule has 0 amide bonds. The molecule has 0 saturated carbocycles. The van der Waals surface area contributed by atoms with Gasteiger partial charge in [-0.2, -0.15) is 0 Å². The van der Waals surface area contributed by atoms with Gasteiger partial charge in [0.15, 0.2) is 0 Å². The summed E-state index contributed by atoms with van der Waals surface area (Å²) in [5.41, 5.74) is -0.951. The lowest BCUT2D eigenvalue weighted by Gasteiger charge is -2.43. The van der Waals surface area contributed by atoms with E-state index in [4.69, 9.17) is 11.6 Å². The summed E-state index contributed by atoms with van der Waals surface area (Å²) >= 11 is 5.78. The highest BCUT2D eigenvalue weighted by Crippen LogP contribution is 2.38. The second kappa shape index (κ2) is 6.12. The van der Waals surface area contributed by atoms with Crippen LogP contribution in [0.5, 0.6) is 0 Å². The maximum atomic E-state index is 11.1. The lowest BCUT2D eigenvalue weighted by atomic mass is 10.1. The van der Waals surface area contributed by atoms with Crippen LogP contribution in [0.15, 0.2) is 18.2 Å². The molecule has 0 radical (unpaired) electrons. The van der Waals surface area contributed by atoms with Crippen molar-refractivity contribution in [3.05, 3.63) is 33.3 Å². The number of halogens is 1. The van der Waals surface area contributed by atoms with E-state index in [-0.39, 0.29) is 17.9 Å². The molecule has 4 N–H and O–H groups in total. The van der Waals surface area contributed by atoms with Gasteiger partial charge in [-0.05, 0) is 12.1 Å². The summed E-state index contributed by atoms with van der Waals surface area (Å²) in [7, 11) is 0. The van der Waals surface area contributed by atoms with E-state index in [1.54, 1.807) is 0 Å². The third-order valence-corrected chi connectivity index (χ3v) is 3.28. The Bertz CT molecular complexity index is 518. The monoisotopic (exact) mass is 320 g/mol. The number of hydrogen-bond acceptors (Lipinski definition) is 7. The zero-order chi connectivity index (χ0) is 16.4. The van der Waals surface area contributed by atoms with Crippen molar-refractivity contribution < 1.29 is 25.3 Å². The lowest BCUT2D eigenvalue weighted by Crippen LogP contribution is -2.61. The highest BCUT2D eigenvalue weighted by molar-refractivity contribution is 6.31. The van der Waals surface area contributed by atoms with Crippen LogP contribution in [0.2, 0.25) is 5.02 Å². The smallest absolute Gasteiger partial charge is 0.292 e. The fourth-order valence-electron chi connectivity index (χ4n) is 1.82. The molecule has 1 aromatic rings. The van der Waals surface area contributed by atoms with Crippen LogP contribution >= 0.6 is 11.6 Å². The molecule has 0 aliphatic heterocycles. The highest BCUT2D eigenvalue weighted by Gasteiger charge is 2.46. The van der Waals surface area contributed by atoms with Crippen molar-refractivity contribution in [2.24, 2.45) is 0 Å². The van der Waals surface area contributed by atoms with Crippen LogP contribution in [0.1, 0.15) is 26.7 Å². The van der Waals surface area contributed by atoms with Crippen molar-refractivity contribution in [3.8, 4) is 0 Å². The molecule has 1 aromatic carbocycles. The van der Waals surface area contributed by atoms with Gasteiger partial charge in [-0.25, -0.2) is 0 Å². The first-order chi connectivity index (χ1) is 9.56. The van der Waals surface area contributed by atoms with E-state index in [9.17, 15) is 30.5 Å². The van der Waals surface area contributed by atoms with Crippen molar-refractivity contribution in [1.29, 1.82) is 0 Å². The summed E-state index contributed by atoms with van der Waals surface area (Å²) in [6.07, 6.45) is -0.668. The van der Waals surface area contributed by atoms with Crippen molar-refractivity contribution in [2.75, 3.05) is 4.90 Å². The van der Waals surface area contributed by atoms with Crippen LogP contribution in [-0.4, -0.2) is 37.2 Å². The lowest BCUT2D eigenvalue weighted by molar-refractivity contribution is -0.385. The zero-order valence-electron chi connectivity index (χ0n) is 11.5. The average Bonchev–Trinajstić information content (AvgIpc) is 2.38. The first kappa shape index (κ1) is 17.6. The van der Waals surface area contributed by atoms with E-state index in [0.717, 1.165) is 12.1 Å². The third kappa shape index (κ3) is 3.60. The van der Waals surface area contributed by atoms with E-state index in [0.29, 0.717) is 4.90 Å². The number of aliphatic hydroxyl groups is 4. The predicted molar refractivity (Wildman–Crippen MR) is 75.5 cm³/mol. The fraction of sp³-hybridized carbons (Fsp3) is 0.500. The number of hydrogen-bond donors (Lipinski definition) is 4. The van der Waals surface area contributed by atoms with Gasteiger partial charge in [0.05, 0.1) is 4.92 Å². The second-order valence-electron chi connectivity index (χ2n) is 4.48. The minimum Gasteiger partial charge on any atom is -0.349 e. The molecule has 8 nitrogen and oxygen atoms in total. The van der Waals surface area contributed by atoms with Crippen LogP contribution in [0.25, 0.3) is 0 Å². The van der Waals surface area contributed by atoms with E-state index in [1.807, 2.05) is 0 Å². The average molecular weight is 321 g/mol. The van der Waals surface area contributed by atoms with Gasteiger partial charge in [0.2, 0.25) is 0 Å². The number of nitro groups is 1. The number of rotatable bonds is 6. The van der Waals surface area contributed by atoms with Crippen molar-refractivity contribution >= 4 is 23.0 Å². The van der Waals surface area contributed by atoms with E-state index >= 15 is 0 Å². The Labute approximate surface area is 126 Å².